The van der Waals surface area contributed by atoms with Gasteiger partial charge in [0.1, 0.15) is 0 Å². The van der Waals surface area contributed by atoms with Crippen molar-refractivity contribution >= 4 is 33.6 Å². The number of carbonyl (C=O) groups excluding carboxylic acids is 1. The molecule has 1 aromatic carbocycles. The number of hydrogen-bond acceptors (Lipinski definition) is 5. The van der Waals surface area contributed by atoms with Crippen LogP contribution >= 0.6 is 27.7 Å². The zero-order chi connectivity index (χ0) is 16.1. The van der Waals surface area contributed by atoms with Gasteiger partial charge in [0.25, 0.3) is 5.22 Å². The van der Waals surface area contributed by atoms with Crippen molar-refractivity contribution in [2.75, 3.05) is 5.75 Å². The summed E-state index contributed by atoms with van der Waals surface area (Å²) in [5, 5.41) is 11.5. The molecule has 0 atom stereocenters. The third-order valence-corrected chi connectivity index (χ3v) is 5.32. The predicted molar refractivity (Wildman–Crippen MR) is 93.2 cm³/mol. The van der Waals surface area contributed by atoms with Crippen LogP contribution in [0, 0.1) is 0 Å². The van der Waals surface area contributed by atoms with Gasteiger partial charge in [0.2, 0.25) is 11.8 Å². The minimum atomic E-state index is 0.0301. The van der Waals surface area contributed by atoms with Crippen molar-refractivity contribution in [2.24, 2.45) is 0 Å². The van der Waals surface area contributed by atoms with Crippen LogP contribution in [-0.2, 0) is 4.79 Å². The lowest BCUT2D eigenvalue weighted by atomic mass is 9.95. The summed E-state index contributed by atoms with van der Waals surface area (Å²) in [5.41, 5.74) is 0.846. The van der Waals surface area contributed by atoms with Crippen LogP contribution in [0.25, 0.3) is 11.5 Å². The summed E-state index contributed by atoms with van der Waals surface area (Å²) in [5.74, 6) is 0.781. The van der Waals surface area contributed by atoms with Gasteiger partial charge in [0.15, 0.2) is 0 Å². The van der Waals surface area contributed by atoms with E-state index in [0.717, 1.165) is 22.9 Å². The highest BCUT2D eigenvalue weighted by Gasteiger charge is 2.17. The van der Waals surface area contributed by atoms with E-state index in [1.54, 1.807) is 0 Å². The quantitative estimate of drug-likeness (QED) is 0.773. The van der Waals surface area contributed by atoms with E-state index in [2.05, 4.69) is 31.4 Å². The monoisotopic (exact) mass is 395 g/mol. The lowest BCUT2D eigenvalue weighted by Gasteiger charge is -2.22. The molecule has 1 aliphatic rings. The molecule has 3 rings (SSSR count). The highest BCUT2D eigenvalue weighted by Crippen LogP contribution is 2.29. The first-order valence-electron chi connectivity index (χ1n) is 7.73. The Kier molecular flexibility index (Phi) is 5.72. The van der Waals surface area contributed by atoms with Crippen molar-refractivity contribution in [1.82, 2.24) is 15.5 Å². The molecule has 2 aromatic rings. The van der Waals surface area contributed by atoms with E-state index < -0.39 is 0 Å². The van der Waals surface area contributed by atoms with E-state index in [1.807, 2.05) is 24.3 Å². The number of aromatic nitrogens is 2. The first-order chi connectivity index (χ1) is 11.2. The van der Waals surface area contributed by atoms with Crippen molar-refractivity contribution in [2.45, 2.75) is 43.4 Å². The fourth-order valence-electron chi connectivity index (χ4n) is 2.66. The van der Waals surface area contributed by atoms with Crippen LogP contribution in [-0.4, -0.2) is 27.9 Å². The van der Waals surface area contributed by atoms with Crippen molar-refractivity contribution in [3.05, 3.63) is 28.7 Å². The smallest absolute Gasteiger partial charge is 0.277 e. The SMILES string of the molecule is O=C(CSc1nnc(-c2ccccc2Br)o1)NC1CCCCC1. The summed E-state index contributed by atoms with van der Waals surface area (Å²) in [7, 11) is 0. The Bertz CT molecular complexity index is 671. The zero-order valence-corrected chi connectivity index (χ0v) is 15.0. The molecule has 23 heavy (non-hydrogen) atoms. The molecule has 0 bridgehead atoms. The van der Waals surface area contributed by atoms with Crippen LogP contribution in [0.5, 0.6) is 0 Å². The van der Waals surface area contributed by atoms with Crippen molar-refractivity contribution < 1.29 is 9.21 Å². The number of rotatable bonds is 5. The molecule has 1 amide bonds. The third-order valence-electron chi connectivity index (χ3n) is 3.81. The Labute approximate surface area is 147 Å². The standard InChI is InChI=1S/C16H18BrN3O2S/c17-13-9-5-4-8-12(13)15-19-20-16(22-15)23-10-14(21)18-11-6-2-1-3-7-11/h4-5,8-9,11H,1-3,6-7,10H2,(H,18,21). The Hall–Kier alpha value is -1.34. The number of carbonyl (C=O) groups is 1. The van der Waals surface area contributed by atoms with Gasteiger partial charge < -0.3 is 9.73 Å². The second kappa shape index (κ2) is 7.97. The van der Waals surface area contributed by atoms with Gasteiger partial charge in [-0.25, -0.2) is 0 Å². The summed E-state index contributed by atoms with van der Waals surface area (Å²) in [6.07, 6.45) is 5.86. The largest absolute Gasteiger partial charge is 0.411 e. The Balaban J connectivity index is 1.53. The number of thioether (sulfide) groups is 1. The molecular weight excluding hydrogens is 378 g/mol. The number of hydrogen-bond donors (Lipinski definition) is 1. The van der Waals surface area contributed by atoms with Crippen LogP contribution in [0.2, 0.25) is 0 Å². The van der Waals surface area contributed by atoms with Crippen molar-refractivity contribution in [1.29, 1.82) is 0 Å². The summed E-state index contributed by atoms with van der Waals surface area (Å²) in [4.78, 5) is 12.0. The Morgan fingerprint density at radius 1 is 1.26 bits per heavy atom. The molecule has 1 aromatic heterocycles. The lowest BCUT2D eigenvalue weighted by molar-refractivity contribution is -0.119. The number of halogens is 1. The second-order valence-electron chi connectivity index (χ2n) is 5.54. The molecule has 0 saturated heterocycles. The molecule has 0 aliphatic heterocycles. The molecule has 7 heteroatoms. The van der Waals surface area contributed by atoms with Gasteiger partial charge in [-0.05, 0) is 40.9 Å². The second-order valence-corrected chi connectivity index (χ2v) is 7.33. The fraction of sp³-hybridized carbons (Fsp3) is 0.438. The summed E-state index contributed by atoms with van der Waals surface area (Å²) < 4.78 is 6.52. The number of nitrogens with one attached hydrogen (secondary N) is 1. The maximum atomic E-state index is 12.0. The van der Waals surface area contributed by atoms with Gasteiger partial charge >= 0.3 is 0 Å². The van der Waals surface area contributed by atoms with Crippen LogP contribution < -0.4 is 5.32 Å². The van der Waals surface area contributed by atoms with E-state index in [1.165, 1.54) is 31.0 Å². The van der Waals surface area contributed by atoms with Gasteiger partial charge in [0, 0.05) is 10.5 Å². The van der Waals surface area contributed by atoms with Gasteiger partial charge in [-0.1, -0.05) is 43.2 Å². The third kappa shape index (κ3) is 4.57. The van der Waals surface area contributed by atoms with Crippen molar-refractivity contribution in [3.63, 3.8) is 0 Å². The molecule has 1 aliphatic carbocycles. The molecule has 1 N–H and O–H groups in total. The van der Waals surface area contributed by atoms with E-state index >= 15 is 0 Å². The summed E-state index contributed by atoms with van der Waals surface area (Å²) in [6, 6.07) is 7.99. The maximum Gasteiger partial charge on any atom is 0.277 e. The minimum absolute atomic E-state index is 0.0301. The maximum absolute atomic E-state index is 12.0. The van der Waals surface area contributed by atoms with Gasteiger partial charge in [-0.15, -0.1) is 10.2 Å². The molecule has 5 nitrogen and oxygen atoms in total. The molecule has 122 valence electrons. The number of amides is 1. The first-order valence-corrected chi connectivity index (χ1v) is 9.51. The van der Waals surface area contributed by atoms with Gasteiger partial charge in [-0.3, -0.25) is 4.79 Å². The normalized spacial score (nSPS) is 15.5. The first kappa shape index (κ1) is 16.5. The zero-order valence-electron chi connectivity index (χ0n) is 12.6. The predicted octanol–water partition coefficient (Wildman–Crippen LogP) is 4.04. The lowest BCUT2D eigenvalue weighted by Crippen LogP contribution is -2.37. The molecular formula is C16H18BrN3O2S. The highest BCUT2D eigenvalue weighted by molar-refractivity contribution is 9.10. The number of nitrogens with zero attached hydrogens (tertiary/aromatic N) is 2. The highest BCUT2D eigenvalue weighted by atomic mass is 79.9. The molecule has 1 heterocycles. The average molecular weight is 396 g/mol. The van der Waals surface area contributed by atoms with Crippen LogP contribution in [0.1, 0.15) is 32.1 Å². The van der Waals surface area contributed by atoms with Gasteiger partial charge in [-0.2, -0.15) is 0 Å². The Morgan fingerprint density at radius 2 is 2.04 bits per heavy atom. The topological polar surface area (TPSA) is 68.0 Å². The van der Waals surface area contributed by atoms with E-state index in [4.69, 9.17) is 4.42 Å². The van der Waals surface area contributed by atoms with E-state index in [9.17, 15) is 4.79 Å². The molecule has 1 saturated carbocycles. The van der Waals surface area contributed by atoms with Crippen LogP contribution in [0.4, 0.5) is 0 Å². The summed E-state index contributed by atoms with van der Waals surface area (Å²) >= 11 is 4.73. The van der Waals surface area contributed by atoms with E-state index in [0.29, 0.717) is 22.9 Å². The molecule has 0 unspecified atom stereocenters. The van der Waals surface area contributed by atoms with E-state index in [-0.39, 0.29) is 5.91 Å². The van der Waals surface area contributed by atoms with Crippen LogP contribution in [0.15, 0.2) is 38.4 Å². The van der Waals surface area contributed by atoms with Crippen LogP contribution in [0.3, 0.4) is 0 Å². The Morgan fingerprint density at radius 3 is 2.83 bits per heavy atom. The fourth-order valence-corrected chi connectivity index (χ4v) is 3.68. The number of benzene rings is 1. The molecule has 1 fully saturated rings. The average Bonchev–Trinajstić information content (AvgIpc) is 3.03. The minimum Gasteiger partial charge on any atom is -0.411 e. The summed E-state index contributed by atoms with van der Waals surface area (Å²) in [6.45, 7) is 0. The van der Waals surface area contributed by atoms with Gasteiger partial charge in [0.05, 0.1) is 11.3 Å². The van der Waals surface area contributed by atoms with Crippen molar-refractivity contribution in [3.8, 4) is 11.5 Å². The molecule has 0 spiro atoms. The molecule has 0 radical (unpaired) electrons.